The zero-order valence-electron chi connectivity index (χ0n) is 16.9. The number of likely N-dealkylation sites (tertiary alicyclic amines) is 1. The zero-order valence-corrected chi connectivity index (χ0v) is 16.9. The fourth-order valence-corrected chi connectivity index (χ4v) is 3.80. The lowest BCUT2D eigenvalue weighted by atomic mass is 9.72. The molecule has 1 fully saturated rings. The predicted octanol–water partition coefficient (Wildman–Crippen LogP) is 2.23. The number of pyridine rings is 1. The lowest BCUT2D eigenvalue weighted by Gasteiger charge is -2.43. The van der Waals surface area contributed by atoms with Crippen molar-refractivity contribution < 1.29 is 24.5 Å². The second-order valence-electron chi connectivity index (χ2n) is 7.65. The minimum Gasteiger partial charge on any atom is -0.497 e. The highest BCUT2D eigenvalue weighted by atomic mass is 16.5. The van der Waals surface area contributed by atoms with Crippen LogP contribution in [-0.2, 0) is 11.2 Å². The van der Waals surface area contributed by atoms with Gasteiger partial charge in [0.25, 0.3) is 5.91 Å². The van der Waals surface area contributed by atoms with Crippen LogP contribution in [-0.4, -0.2) is 58.3 Å². The van der Waals surface area contributed by atoms with E-state index in [4.69, 9.17) is 4.74 Å². The smallest absolute Gasteiger partial charge is 0.314 e. The number of aliphatic hydroxyl groups is 1. The number of methoxy groups -OCH3 is 1. The minimum atomic E-state index is -1.49. The molecule has 0 unspecified atom stereocenters. The molecule has 1 aromatic heterocycles. The predicted molar refractivity (Wildman–Crippen MR) is 107 cm³/mol. The summed E-state index contributed by atoms with van der Waals surface area (Å²) in [7, 11) is 1.54. The maximum atomic E-state index is 13.0. The van der Waals surface area contributed by atoms with E-state index in [1.54, 1.807) is 37.4 Å². The Morgan fingerprint density at radius 2 is 2.07 bits per heavy atom. The van der Waals surface area contributed by atoms with Gasteiger partial charge in [-0.05, 0) is 56.0 Å². The number of hydrogen-bond acceptors (Lipinski definition) is 5. The number of aliphatic carboxylic acids is 1. The molecule has 1 aliphatic heterocycles. The minimum absolute atomic E-state index is 0.0769. The molecule has 2 heterocycles. The first-order valence-corrected chi connectivity index (χ1v) is 9.54. The van der Waals surface area contributed by atoms with E-state index in [0.29, 0.717) is 17.9 Å². The number of ether oxygens (including phenoxy) is 1. The number of carbonyl (C=O) groups is 2. The molecule has 2 N–H and O–H groups in total. The van der Waals surface area contributed by atoms with E-state index in [-0.39, 0.29) is 25.3 Å². The third kappa shape index (κ3) is 4.10. The summed E-state index contributed by atoms with van der Waals surface area (Å²) in [6, 6.07) is 8.87. The van der Waals surface area contributed by atoms with Crippen molar-refractivity contribution in [3.8, 4) is 5.75 Å². The van der Waals surface area contributed by atoms with Crippen molar-refractivity contribution in [1.82, 2.24) is 9.88 Å². The molecule has 1 saturated heterocycles. The molecule has 0 spiro atoms. The Bertz CT molecular complexity index is 929. The SMILES string of the molecule is COc1cccc(C[C@@]2(C(=O)O)CN(C(=O)c3cnc(C)c(C)c3)CC[C@H]2O)c1. The molecule has 2 aromatic rings. The molecule has 29 heavy (non-hydrogen) atoms. The molecule has 3 rings (SSSR count). The maximum Gasteiger partial charge on any atom is 0.314 e. The van der Waals surface area contributed by atoms with Crippen molar-refractivity contribution in [3.63, 3.8) is 0 Å². The van der Waals surface area contributed by atoms with Gasteiger partial charge in [0.15, 0.2) is 0 Å². The van der Waals surface area contributed by atoms with E-state index in [9.17, 15) is 19.8 Å². The Labute approximate surface area is 170 Å². The summed E-state index contributed by atoms with van der Waals surface area (Å²) in [5, 5.41) is 20.7. The number of nitrogens with zero attached hydrogens (tertiary/aromatic N) is 2. The quantitative estimate of drug-likeness (QED) is 0.801. The molecule has 7 heteroatoms. The van der Waals surface area contributed by atoms with E-state index >= 15 is 0 Å². The lowest BCUT2D eigenvalue weighted by Crippen LogP contribution is -2.58. The normalized spacial score (nSPS) is 21.7. The first-order valence-electron chi connectivity index (χ1n) is 9.54. The van der Waals surface area contributed by atoms with Gasteiger partial charge in [-0.25, -0.2) is 0 Å². The van der Waals surface area contributed by atoms with Gasteiger partial charge >= 0.3 is 5.97 Å². The van der Waals surface area contributed by atoms with Crippen molar-refractivity contribution in [2.75, 3.05) is 20.2 Å². The number of hydrogen-bond donors (Lipinski definition) is 2. The van der Waals surface area contributed by atoms with Crippen LogP contribution < -0.4 is 4.74 Å². The van der Waals surface area contributed by atoms with E-state index in [2.05, 4.69) is 4.98 Å². The zero-order chi connectivity index (χ0) is 21.2. The van der Waals surface area contributed by atoms with Crippen LogP contribution in [0.25, 0.3) is 0 Å². The van der Waals surface area contributed by atoms with E-state index in [1.165, 1.54) is 11.1 Å². The highest BCUT2D eigenvalue weighted by molar-refractivity contribution is 5.94. The summed E-state index contributed by atoms with van der Waals surface area (Å²) in [4.78, 5) is 31.1. The third-order valence-corrected chi connectivity index (χ3v) is 5.74. The molecule has 2 atom stereocenters. The summed E-state index contributed by atoms with van der Waals surface area (Å²) in [6.45, 7) is 3.96. The van der Waals surface area contributed by atoms with Crippen molar-refractivity contribution in [2.24, 2.45) is 5.41 Å². The first-order chi connectivity index (χ1) is 13.8. The number of carboxylic acid groups (broad SMARTS) is 1. The van der Waals surface area contributed by atoms with E-state index in [0.717, 1.165) is 16.8 Å². The van der Waals surface area contributed by atoms with Gasteiger partial charge < -0.3 is 19.8 Å². The van der Waals surface area contributed by atoms with Crippen LogP contribution in [0.2, 0.25) is 0 Å². The van der Waals surface area contributed by atoms with Crippen LogP contribution in [0.4, 0.5) is 0 Å². The summed E-state index contributed by atoms with van der Waals surface area (Å²) < 4.78 is 5.22. The number of aromatic nitrogens is 1. The largest absolute Gasteiger partial charge is 0.497 e. The summed E-state index contributed by atoms with van der Waals surface area (Å²) in [5.41, 5.74) is 1.40. The van der Waals surface area contributed by atoms with Gasteiger partial charge in [-0.2, -0.15) is 0 Å². The van der Waals surface area contributed by atoms with Gasteiger partial charge in [0.1, 0.15) is 11.2 Å². The molecule has 0 aliphatic carbocycles. The number of carboxylic acids is 1. The third-order valence-electron chi connectivity index (χ3n) is 5.74. The van der Waals surface area contributed by atoms with Gasteiger partial charge in [-0.15, -0.1) is 0 Å². The average molecular weight is 398 g/mol. The topological polar surface area (TPSA) is 100.0 Å². The van der Waals surface area contributed by atoms with Crippen LogP contribution in [0.15, 0.2) is 36.5 Å². The van der Waals surface area contributed by atoms with Crippen molar-refractivity contribution in [3.05, 3.63) is 58.9 Å². The first kappa shape index (κ1) is 20.8. The number of aryl methyl sites for hydroxylation is 2. The molecule has 0 radical (unpaired) electrons. The van der Waals surface area contributed by atoms with E-state index in [1.807, 2.05) is 13.8 Å². The van der Waals surface area contributed by atoms with Gasteiger partial charge in [0, 0.05) is 25.0 Å². The molecule has 154 valence electrons. The van der Waals surface area contributed by atoms with Crippen molar-refractivity contribution >= 4 is 11.9 Å². The van der Waals surface area contributed by atoms with E-state index < -0.39 is 17.5 Å². The molecular weight excluding hydrogens is 372 g/mol. The van der Waals surface area contributed by atoms with Crippen LogP contribution >= 0.6 is 0 Å². The summed E-state index contributed by atoms with van der Waals surface area (Å²) in [6.07, 6.45) is 0.740. The molecule has 1 amide bonds. The molecule has 1 aliphatic rings. The molecule has 7 nitrogen and oxygen atoms in total. The Kier molecular flexibility index (Phi) is 5.88. The van der Waals surface area contributed by atoms with Crippen molar-refractivity contribution in [2.45, 2.75) is 32.8 Å². The van der Waals surface area contributed by atoms with Crippen molar-refractivity contribution in [1.29, 1.82) is 0 Å². The number of benzene rings is 1. The maximum absolute atomic E-state index is 13.0. The lowest BCUT2D eigenvalue weighted by molar-refractivity contribution is -0.161. The van der Waals surface area contributed by atoms with Crippen LogP contribution in [0.1, 0.15) is 33.6 Å². The number of rotatable bonds is 5. The molecule has 1 aromatic carbocycles. The van der Waals surface area contributed by atoms with Crippen LogP contribution in [0.3, 0.4) is 0 Å². The standard InChI is InChI=1S/C22H26N2O5/c1-14-9-17(12-23-15(14)2)20(26)24-8-7-19(25)22(13-24,21(27)28)11-16-5-4-6-18(10-16)29-3/h4-6,9-10,12,19,25H,7-8,11,13H2,1-3H3,(H,27,28)/t19-,22-/m1/s1. The number of piperidine rings is 1. The second-order valence-corrected chi connectivity index (χ2v) is 7.65. The Balaban J connectivity index is 1.90. The monoisotopic (exact) mass is 398 g/mol. The average Bonchev–Trinajstić information content (AvgIpc) is 2.71. The van der Waals surface area contributed by atoms with Gasteiger partial charge in [0.05, 0.1) is 18.8 Å². The number of carbonyl (C=O) groups excluding carboxylic acids is 1. The Morgan fingerprint density at radius 1 is 1.31 bits per heavy atom. The van der Waals surface area contributed by atoms with Crippen LogP contribution in [0.5, 0.6) is 5.75 Å². The number of aliphatic hydroxyl groups excluding tert-OH is 1. The highest BCUT2D eigenvalue weighted by Gasteiger charge is 2.50. The fourth-order valence-electron chi connectivity index (χ4n) is 3.80. The molecule has 0 saturated carbocycles. The summed E-state index contributed by atoms with van der Waals surface area (Å²) >= 11 is 0. The number of amides is 1. The molecule has 0 bridgehead atoms. The highest BCUT2D eigenvalue weighted by Crippen LogP contribution is 2.36. The van der Waals surface area contributed by atoms with Gasteiger partial charge in [0.2, 0.25) is 0 Å². The second kappa shape index (κ2) is 8.21. The fraction of sp³-hybridized carbons (Fsp3) is 0.409. The van der Waals surface area contributed by atoms with Crippen LogP contribution in [0, 0.1) is 19.3 Å². The van der Waals surface area contributed by atoms with Gasteiger partial charge in [-0.3, -0.25) is 14.6 Å². The van der Waals surface area contributed by atoms with Gasteiger partial charge in [-0.1, -0.05) is 12.1 Å². The Hall–Kier alpha value is -2.93. The molecular formula is C22H26N2O5. The Morgan fingerprint density at radius 3 is 2.72 bits per heavy atom. The summed E-state index contributed by atoms with van der Waals surface area (Å²) in [5.74, 6) is -0.783.